The van der Waals surface area contributed by atoms with Crippen LogP contribution in [0.15, 0.2) is 40.1 Å². The van der Waals surface area contributed by atoms with Gasteiger partial charge in [0.1, 0.15) is 0 Å². The Bertz CT molecular complexity index is 863. The molecule has 0 radical (unpaired) electrons. The van der Waals surface area contributed by atoms with E-state index in [0.717, 1.165) is 32.7 Å². The summed E-state index contributed by atoms with van der Waals surface area (Å²) in [6, 6.07) is 7.50. The number of nitrogens with one attached hydrogen (secondary N) is 3. The van der Waals surface area contributed by atoms with E-state index in [2.05, 4.69) is 32.1 Å². The number of rotatable bonds is 5. The lowest BCUT2D eigenvalue weighted by atomic mass is 10.1. The number of hydrogen-bond acceptors (Lipinski definition) is 5. The number of aromatic nitrogens is 2. The number of amides is 1. The van der Waals surface area contributed by atoms with Crippen molar-refractivity contribution in [3.05, 3.63) is 68.0 Å². The molecule has 0 saturated carbocycles. The Morgan fingerprint density at radius 1 is 1.12 bits per heavy atom. The molecule has 1 aliphatic heterocycles. The number of benzene rings is 1. The predicted octanol–water partition coefficient (Wildman–Crippen LogP) is -0.259. The van der Waals surface area contributed by atoms with E-state index in [-0.39, 0.29) is 12.5 Å². The summed E-state index contributed by atoms with van der Waals surface area (Å²) in [5.41, 5.74) is 0.929. The minimum Gasteiger partial charge on any atom is -0.348 e. The molecule has 1 aromatic carbocycles. The highest BCUT2D eigenvalue weighted by Crippen LogP contribution is 2.10. The standard InChI is InChI=1S/C18H23N5O3/c1-22-6-8-23(9-7-22)12-13-2-4-14(5-3-13)16(24)19-10-15-11-20-18(26)21-17(15)25/h2-5,11H,6-10,12H2,1H3,(H,19,24)(H2,20,21,25,26). The maximum absolute atomic E-state index is 12.2. The number of aromatic amines is 2. The van der Waals surface area contributed by atoms with Crippen LogP contribution in [0.2, 0.25) is 0 Å². The van der Waals surface area contributed by atoms with Gasteiger partial charge >= 0.3 is 5.69 Å². The SMILES string of the molecule is CN1CCN(Cc2ccc(C(=O)NCc3c[nH]c(=O)[nH]c3=O)cc2)CC1. The predicted molar refractivity (Wildman–Crippen MR) is 98.1 cm³/mol. The fourth-order valence-electron chi connectivity index (χ4n) is 2.87. The molecule has 0 bridgehead atoms. The van der Waals surface area contributed by atoms with Crippen molar-refractivity contribution in [3.8, 4) is 0 Å². The van der Waals surface area contributed by atoms with Crippen LogP contribution in [-0.4, -0.2) is 58.9 Å². The quantitative estimate of drug-likeness (QED) is 0.684. The highest BCUT2D eigenvalue weighted by molar-refractivity contribution is 5.94. The molecular formula is C18H23N5O3. The van der Waals surface area contributed by atoms with Crippen LogP contribution in [0.25, 0.3) is 0 Å². The second kappa shape index (κ2) is 8.11. The Labute approximate surface area is 150 Å². The van der Waals surface area contributed by atoms with Crippen LogP contribution in [0.4, 0.5) is 0 Å². The summed E-state index contributed by atoms with van der Waals surface area (Å²) in [5, 5.41) is 2.68. The molecule has 0 aliphatic carbocycles. The van der Waals surface area contributed by atoms with Crippen molar-refractivity contribution in [2.75, 3.05) is 33.2 Å². The van der Waals surface area contributed by atoms with Crippen LogP contribution in [-0.2, 0) is 13.1 Å². The van der Waals surface area contributed by atoms with Crippen molar-refractivity contribution in [2.45, 2.75) is 13.1 Å². The molecule has 26 heavy (non-hydrogen) atoms. The van der Waals surface area contributed by atoms with E-state index in [4.69, 9.17) is 0 Å². The van der Waals surface area contributed by atoms with Gasteiger partial charge in [0.05, 0.1) is 5.56 Å². The summed E-state index contributed by atoms with van der Waals surface area (Å²) >= 11 is 0. The Kier molecular flexibility index (Phi) is 5.65. The van der Waals surface area contributed by atoms with Crippen molar-refractivity contribution >= 4 is 5.91 Å². The number of H-pyrrole nitrogens is 2. The van der Waals surface area contributed by atoms with Gasteiger partial charge in [-0.3, -0.25) is 19.5 Å². The van der Waals surface area contributed by atoms with Gasteiger partial charge in [-0.15, -0.1) is 0 Å². The van der Waals surface area contributed by atoms with Gasteiger partial charge in [0.2, 0.25) is 0 Å². The van der Waals surface area contributed by atoms with E-state index in [1.807, 2.05) is 12.1 Å². The molecule has 1 saturated heterocycles. The van der Waals surface area contributed by atoms with Gasteiger partial charge in [-0.2, -0.15) is 0 Å². The summed E-state index contributed by atoms with van der Waals surface area (Å²) in [4.78, 5) is 44.0. The number of hydrogen-bond donors (Lipinski definition) is 3. The summed E-state index contributed by atoms with van der Waals surface area (Å²) < 4.78 is 0. The van der Waals surface area contributed by atoms with Gasteiger partial charge in [0.25, 0.3) is 11.5 Å². The van der Waals surface area contributed by atoms with Crippen LogP contribution in [0.3, 0.4) is 0 Å². The van der Waals surface area contributed by atoms with Crippen LogP contribution < -0.4 is 16.6 Å². The van der Waals surface area contributed by atoms with Gasteiger partial charge in [0.15, 0.2) is 0 Å². The molecular weight excluding hydrogens is 334 g/mol. The first-order valence-electron chi connectivity index (χ1n) is 8.60. The first-order chi connectivity index (χ1) is 12.5. The second-order valence-corrected chi connectivity index (χ2v) is 6.56. The molecule has 3 rings (SSSR count). The fraction of sp³-hybridized carbons (Fsp3) is 0.389. The third-order valence-corrected chi connectivity index (χ3v) is 4.55. The Hall–Kier alpha value is -2.71. The lowest BCUT2D eigenvalue weighted by Gasteiger charge is -2.32. The maximum atomic E-state index is 12.2. The molecule has 138 valence electrons. The lowest BCUT2D eigenvalue weighted by Crippen LogP contribution is -2.43. The number of carbonyl (C=O) groups is 1. The average molecular weight is 357 g/mol. The molecule has 2 aromatic rings. The minimum absolute atomic E-state index is 0.0496. The van der Waals surface area contributed by atoms with E-state index < -0.39 is 11.2 Å². The third kappa shape index (κ3) is 4.68. The summed E-state index contributed by atoms with van der Waals surface area (Å²) in [6.07, 6.45) is 1.31. The van der Waals surface area contributed by atoms with E-state index in [1.54, 1.807) is 12.1 Å². The van der Waals surface area contributed by atoms with E-state index >= 15 is 0 Å². The number of likely N-dealkylation sites (N-methyl/N-ethyl adjacent to an activating group) is 1. The number of carbonyl (C=O) groups excluding carboxylic acids is 1. The lowest BCUT2D eigenvalue weighted by molar-refractivity contribution is 0.0950. The molecule has 0 unspecified atom stereocenters. The monoisotopic (exact) mass is 357 g/mol. The highest BCUT2D eigenvalue weighted by Gasteiger charge is 2.14. The number of nitrogens with zero attached hydrogens (tertiary/aromatic N) is 2. The maximum Gasteiger partial charge on any atom is 0.325 e. The zero-order chi connectivity index (χ0) is 18.5. The molecule has 1 fully saturated rings. The minimum atomic E-state index is -0.569. The number of piperazine rings is 1. The molecule has 1 aromatic heterocycles. The zero-order valence-corrected chi connectivity index (χ0v) is 14.7. The van der Waals surface area contributed by atoms with E-state index in [9.17, 15) is 14.4 Å². The van der Waals surface area contributed by atoms with Gasteiger partial charge in [-0.05, 0) is 24.7 Å². The molecule has 8 heteroatoms. The summed E-state index contributed by atoms with van der Waals surface area (Å²) in [6.45, 7) is 5.17. The first-order valence-corrected chi connectivity index (χ1v) is 8.60. The van der Waals surface area contributed by atoms with Crippen LogP contribution >= 0.6 is 0 Å². The smallest absolute Gasteiger partial charge is 0.325 e. The molecule has 0 spiro atoms. The van der Waals surface area contributed by atoms with E-state index in [1.165, 1.54) is 11.8 Å². The van der Waals surface area contributed by atoms with Crippen molar-refractivity contribution < 1.29 is 4.79 Å². The first kappa shape index (κ1) is 18.1. The third-order valence-electron chi connectivity index (χ3n) is 4.55. The molecule has 0 atom stereocenters. The summed E-state index contributed by atoms with van der Waals surface area (Å²) in [5.74, 6) is -0.262. The van der Waals surface area contributed by atoms with Crippen molar-refractivity contribution in [1.29, 1.82) is 0 Å². The van der Waals surface area contributed by atoms with Crippen molar-refractivity contribution in [3.63, 3.8) is 0 Å². The molecule has 3 N–H and O–H groups in total. The normalized spacial score (nSPS) is 15.7. The fourth-order valence-corrected chi connectivity index (χ4v) is 2.87. The van der Waals surface area contributed by atoms with Crippen molar-refractivity contribution in [1.82, 2.24) is 25.1 Å². The zero-order valence-electron chi connectivity index (χ0n) is 14.7. The molecule has 1 aliphatic rings. The second-order valence-electron chi connectivity index (χ2n) is 6.56. The van der Waals surface area contributed by atoms with E-state index in [0.29, 0.717) is 11.1 Å². The van der Waals surface area contributed by atoms with Gasteiger partial charge in [-0.1, -0.05) is 12.1 Å². The average Bonchev–Trinajstić information content (AvgIpc) is 2.63. The highest BCUT2D eigenvalue weighted by atomic mass is 16.2. The Morgan fingerprint density at radius 2 is 1.81 bits per heavy atom. The molecule has 1 amide bonds. The van der Waals surface area contributed by atoms with Gasteiger partial charge < -0.3 is 15.2 Å². The van der Waals surface area contributed by atoms with Gasteiger partial charge in [0, 0.05) is 51.0 Å². The van der Waals surface area contributed by atoms with Crippen LogP contribution in [0.1, 0.15) is 21.5 Å². The summed E-state index contributed by atoms with van der Waals surface area (Å²) in [7, 11) is 2.13. The molecule has 2 heterocycles. The topological polar surface area (TPSA) is 101 Å². The van der Waals surface area contributed by atoms with Gasteiger partial charge in [-0.25, -0.2) is 4.79 Å². The Balaban J connectivity index is 1.55. The molecule has 8 nitrogen and oxygen atoms in total. The van der Waals surface area contributed by atoms with Crippen LogP contribution in [0, 0.1) is 0 Å². The van der Waals surface area contributed by atoms with Crippen molar-refractivity contribution in [2.24, 2.45) is 0 Å². The Morgan fingerprint density at radius 3 is 2.46 bits per heavy atom. The largest absolute Gasteiger partial charge is 0.348 e. The van der Waals surface area contributed by atoms with Crippen LogP contribution in [0.5, 0.6) is 0 Å².